The minimum Gasteiger partial charge on any atom is -0.316 e. The lowest BCUT2D eigenvalue weighted by Gasteiger charge is -2.32. The lowest BCUT2D eigenvalue weighted by Crippen LogP contribution is -2.47. The zero-order valence-corrected chi connectivity index (χ0v) is 12.6. The van der Waals surface area contributed by atoms with Gasteiger partial charge in [-0.2, -0.15) is 0 Å². The van der Waals surface area contributed by atoms with Crippen molar-refractivity contribution < 1.29 is 8.42 Å². The maximum absolute atomic E-state index is 12.0. The van der Waals surface area contributed by atoms with Crippen LogP contribution in [0, 0.1) is 0 Å². The van der Waals surface area contributed by atoms with Crippen LogP contribution >= 0.6 is 0 Å². The fraction of sp³-hybridized carbons (Fsp3) is 1.00. The Morgan fingerprint density at radius 3 is 2.72 bits per heavy atom. The molecular weight excluding hydrogens is 250 g/mol. The van der Waals surface area contributed by atoms with Crippen molar-refractivity contribution in [1.29, 1.82) is 0 Å². The molecule has 1 heterocycles. The maximum Gasteiger partial charge on any atom is 0.215 e. The molecule has 1 rings (SSSR count). The van der Waals surface area contributed by atoms with Gasteiger partial charge in [0.05, 0.1) is 5.25 Å². The van der Waals surface area contributed by atoms with Crippen LogP contribution in [0.4, 0.5) is 0 Å². The quantitative estimate of drug-likeness (QED) is 0.707. The van der Waals surface area contributed by atoms with Crippen LogP contribution in [-0.4, -0.2) is 57.8 Å². The number of nitrogens with zero attached hydrogens (tertiary/aromatic N) is 1. The molecule has 1 aliphatic heterocycles. The molecule has 18 heavy (non-hydrogen) atoms. The second kappa shape index (κ2) is 7.43. The second-order valence-electron chi connectivity index (χ2n) is 5.14. The van der Waals surface area contributed by atoms with Crippen molar-refractivity contribution >= 4 is 10.0 Å². The van der Waals surface area contributed by atoms with Crippen LogP contribution in [0.1, 0.15) is 33.1 Å². The van der Waals surface area contributed by atoms with Gasteiger partial charge in [-0.25, -0.2) is 13.1 Å². The van der Waals surface area contributed by atoms with Crippen LogP contribution in [0.25, 0.3) is 0 Å². The number of nitrogens with one attached hydrogen (secondary N) is 2. The Bertz CT molecular complexity index is 332. The predicted molar refractivity (Wildman–Crippen MR) is 75.2 cm³/mol. The average molecular weight is 277 g/mol. The zero-order valence-electron chi connectivity index (χ0n) is 11.8. The number of sulfonamides is 1. The van der Waals surface area contributed by atoms with Gasteiger partial charge in [0.25, 0.3) is 0 Å². The van der Waals surface area contributed by atoms with Gasteiger partial charge in [-0.3, -0.25) is 0 Å². The summed E-state index contributed by atoms with van der Waals surface area (Å²) in [6, 6.07) is 0.347. The Labute approximate surface area is 111 Å². The lowest BCUT2D eigenvalue weighted by molar-refractivity contribution is 0.187. The van der Waals surface area contributed by atoms with E-state index in [0.29, 0.717) is 19.1 Å². The van der Waals surface area contributed by atoms with E-state index >= 15 is 0 Å². The first kappa shape index (κ1) is 15.9. The predicted octanol–water partition coefficient (Wildman–Crippen LogP) is 0.388. The molecule has 0 amide bonds. The van der Waals surface area contributed by atoms with Gasteiger partial charge in [-0.15, -0.1) is 0 Å². The first-order valence-electron chi connectivity index (χ1n) is 6.86. The highest BCUT2D eigenvalue weighted by atomic mass is 32.2. The summed E-state index contributed by atoms with van der Waals surface area (Å²) in [5.74, 6) is 0. The van der Waals surface area contributed by atoms with E-state index in [1.807, 2.05) is 6.92 Å². The monoisotopic (exact) mass is 277 g/mol. The van der Waals surface area contributed by atoms with E-state index in [1.54, 1.807) is 6.92 Å². The van der Waals surface area contributed by atoms with E-state index in [0.717, 1.165) is 19.5 Å². The van der Waals surface area contributed by atoms with Gasteiger partial charge in [0, 0.05) is 19.1 Å². The molecule has 5 nitrogen and oxygen atoms in total. The van der Waals surface area contributed by atoms with Crippen LogP contribution in [0.3, 0.4) is 0 Å². The molecule has 1 aliphatic rings. The summed E-state index contributed by atoms with van der Waals surface area (Å²) in [5.41, 5.74) is 0. The number of hydrogen-bond donors (Lipinski definition) is 2. The minimum absolute atomic E-state index is 0.347. The molecule has 0 aromatic heterocycles. The van der Waals surface area contributed by atoms with Crippen molar-refractivity contribution in [3.8, 4) is 0 Å². The van der Waals surface area contributed by atoms with Gasteiger partial charge in [-0.1, -0.05) is 13.3 Å². The van der Waals surface area contributed by atoms with Crippen molar-refractivity contribution in [2.24, 2.45) is 0 Å². The third kappa shape index (κ3) is 4.84. The number of hydrogen-bond acceptors (Lipinski definition) is 4. The molecule has 0 spiro atoms. The molecule has 6 heteroatoms. The van der Waals surface area contributed by atoms with Crippen LogP contribution in [-0.2, 0) is 10.0 Å². The van der Waals surface area contributed by atoms with Crippen molar-refractivity contribution in [2.75, 3.05) is 33.2 Å². The van der Waals surface area contributed by atoms with E-state index in [1.165, 1.54) is 12.8 Å². The van der Waals surface area contributed by atoms with Gasteiger partial charge in [-0.05, 0) is 39.9 Å². The summed E-state index contributed by atoms with van der Waals surface area (Å²) in [5, 5.41) is 2.69. The Morgan fingerprint density at radius 1 is 1.39 bits per heavy atom. The molecule has 2 N–H and O–H groups in total. The summed E-state index contributed by atoms with van der Waals surface area (Å²) in [7, 11) is -1.12. The Kier molecular flexibility index (Phi) is 6.55. The Hall–Kier alpha value is -0.170. The first-order chi connectivity index (χ1) is 8.47. The Morgan fingerprint density at radius 2 is 2.11 bits per heavy atom. The van der Waals surface area contributed by atoms with Gasteiger partial charge in [0.2, 0.25) is 10.0 Å². The zero-order chi connectivity index (χ0) is 13.6. The molecule has 0 aromatic carbocycles. The highest BCUT2D eigenvalue weighted by Crippen LogP contribution is 2.14. The van der Waals surface area contributed by atoms with Crippen LogP contribution in [0.15, 0.2) is 0 Å². The molecule has 2 atom stereocenters. The molecule has 2 unspecified atom stereocenters. The molecule has 0 aromatic rings. The second-order valence-corrected chi connectivity index (χ2v) is 7.33. The first-order valence-corrected chi connectivity index (χ1v) is 8.41. The fourth-order valence-electron chi connectivity index (χ4n) is 2.21. The molecule has 0 bridgehead atoms. The van der Waals surface area contributed by atoms with Gasteiger partial charge in [0.1, 0.15) is 0 Å². The number of likely N-dealkylation sites (N-methyl/N-ethyl adjacent to an activating group) is 1. The SMILES string of the molecule is CCNCC(C)S(=O)(=O)NCC1CCCCN1C. The average Bonchev–Trinajstić information content (AvgIpc) is 2.35. The Balaban J connectivity index is 2.40. The molecule has 0 aliphatic carbocycles. The van der Waals surface area contributed by atoms with Gasteiger partial charge < -0.3 is 10.2 Å². The van der Waals surface area contributed by atoms with E-state index < -0.39 is 10.0 Å². The van der Waals surface area contributed by atoms with Gasteiger partial charge >= 0.3 is 0 Å². The molecule has 0 saturated carbocycles. The fourth-order valence-corrected chi connectivity index (χ4v) is 3.26. The highest BCUT2D eigenvalue weighted by Gasteiger charge is 2.24. The third-order valence-corrected chi connectivity index (χ3v) is 5.45. The lowest BCUT2D eigenvalue weighted by atomic mass is 10.0. The molecule has 1 saturated heterocycles. The van der Waals surface area contributed by atoms with E-state index in [9.17, 15) is 8.42 Å². The molecular formula is C12H27N3O2S. The summed E-state index contributed by atoms with van der Waals surface area (Å²) in [4.78, 5) is 2.25. The summed E-state index contributed by atoms with van der Waals surface area (Å²) in [6.07, 6.45) is 3.50. The molecule has 108 valence electrons. The van der Waals surface area contributed by atoms with Crippen LogP contribution in [0.2, 0.25) is 0 Å². The van der Waals surface area contributed by atoms with Crippen molar-refractivity contribution in [3.05, 3.63) is 0 Å². The van der Waals surface area contributed by atoms with Crippen LogP contribution in [0.5, 0.6) is 0 Å². The topological polar surface area (TPSA) is 61.4 Å². The summed E-state index contributed by atoms with van der Waals surface area (Å²) >= 11 is 0. The maximum atomic E-state index is 12.0. The summed E-state index contributed by atoms with van der Waals surface area (Å²) in [6.45, 7) is 6.63. The third-order valence-electron chi connectivity index (χ3n) is 3.65. The van der Waals surface area contributed by atoms with E-state index in [-0.39, 0.29) is 5.25 Å². The standard InChI is InChI=1S/C12H27N3O2S/c1-4-13-9-11(2)18(16,17)14-10-12-7-5-6-8-15(12)3/h11-14H,4-10H2,1-3H3. The molecule has 0 radical (unpaired) electrons. The van der Waals surface area contributed by atoms with Crippen molar-refractivity contribution in [2.45, 2.75) is 44.4 Å². The van der Waals surface area contributed by atoms with Gasteiger partial charge in [0.15, 0.2) is 0 Å². The summed E-state index contributed by atoms with van der Waals surface area (Å²) < 4.78 is 26.8. The smallest absolute Gasteiger partial charge is 0.215 e. The normalized spacial score (nSPS) is 24.1. The van der Waals surface area contributed by atoms with Crippen molar-refractivity contribution in [1.82, 2.24) is 14.9 Å². The highest BCUT2D eigenvalue weighted by molar-refractivity contribution is 7.90. The largest absolute Gasteiger partial charge is 0.316 e. The van der Waals surface area contributed by atoms with Crippen LogP contribution < -0.4 is 10.0 Å². The van der Waals surface area contributed by atoms with Crippen molar-refractivity contribution in [3.63, 3.8) is 0 Å². The minimum atomic E-state index is -3.19. The number of piperidine rings is 1. The van der Waals surface area contributed by atoms with E-state index in [4.69, 9.17) is 0 Å². The number of rotatable bonds is 7. The number of likely N-dealkylation sites (tertiary alicyclic amines) is 1. The van der Waals surface area contributed by atoms with E-state index in [2.05, 4.69) is 22.0 Å². The molecule has 1 fully saturated rings.